The smallest absolute Gasteiger partial charge is 0.277 e. The quantitative estimate of drug-likeness (QED) is 0.734. The molecular formula is C14H13N3O2S. The first kappa shape index (κ1) is 12.8. The van der Waals surface area contributed by atoms with Crippen LogP contribution in [0.4, 0.5) is 0 Å². The van der Waals surface area contributed by atoms with Crippen LogP contribution in [0.2, 0.25) is 0 Å². The van der Waals surface area contributed by atoms with Crippen molar-refractivity contribution in [2.45, 2.75) is 13.8 Å². The average molecular weight is 287 g/mol. The highest BCUT2D eigenvalue weighted by Gasteiger charge is 2.19. The molecule has 102 valence electrons. The van der Waals surface area contributed by atoms with Crippen molar-refractivity contribution in [3.8, 4) is 0 Å². The SMILES string of the molecule is Cc1nc2c(C)c(C(=O)c3c[nH]n(C)c3=O)ccc2s1. The lowest BCUT2D eigenvalue weighted by atomic mass is 10.0. The number of thiazole rings is 1. The molecule has 3 aromatic rings. The molecule has 3 rings (SSSR count). The van der Waals surface area contributed by atoms with E-state index in [4.69, 9.17) is 0 Å². The Kier molecular flexibility index (Phi) is 2.83. The van der Waals surface area contributed by atoms with Gasteiger partial charge in [-0.15, -0.1) is 11.3 Å². The molecule has 0 unspecified atom stereocenters. The van der Waals surface area contributed by atoms with E-state index in [1.54, 1.807) is 24.5 Å². The molecule has 1 N–H and O–H groups in total. The highest BCUT2D eigenvalue weighted by molar-refractivity contribution is 7.18. The second-order valence-electron chi connectivity index (χ2n) is 4.70. The maximum atomic E-state index is 12.5. The van der Waals surface area contributed by atoms with E-state index in [-0.39, 0.29) is 16.9 Å². The zero-order valence-electron chi connectivity index (χ0n) is 11.4. The minimum absolute atomic E-state index is 0.155. The average Bonchev–Trinajstić information content (AvgIpc) is 2.94. The van der Waals surface area contributed by atoms with Crippen LogP contribution in [0.3, 0.4) is 0 Å². The lowest BCUT2D eigenvalue weighted by molar-refractivity contribution is 0.103. The van der Waals surface area contributed by atoms with Gasteiger partial charge >= 0.3 is 0 Å². The maximum absolute atomic E-state index is 12.5. The molecule has 0 bridgehead atoms. The molecular weight excluding hydrogens is 274 g/mol. The molecule has 0 radical (unpaired) electrons. The van der Waals surface area contributed by atoms with E-state index in [0.717, 1.165) is 20.8 Å². The fraction of sp³-hybridized carbons (Fsp3) is 0.214. The van der Waals surface area contributed by atoms with Crippen LogP contribution in [0.15, 0.2) is 23.1 Å². The fourth-order valence-electron chi connectivity index (χ4n) is 2.25. The number of carbonyl (C=O) groups is 1. The minimum atomic E-state index is -0.316. The molecule has 6 heteroatoms. The number of benzene rings is 1. The summed E-state index contributed by atoms with van der Waals surface area (Å²) in [6.45, 7) is 3.80. The Hall–Kier alpha value is -2.21. The number of aromatic amines is 1. The Morgan fingerprint density at radius 1 is 1.30 bits per heavy atom. The van der Waals surface area contributed by atoms with Gasteiger partial charge in [-0.05, 0) is 31.5 Å². The van der Waals surface area contributed by atoms with Gasteiger partial charge in [-0.2, -0.15) is 0 Å². The molecule has 0 aliphatic heterocycles. The van der Waals surface area contributed by atoms with Gasteiger partial charge in [0.05, 0.1) is 15.2 Å². The van der Waals surface area contributed by atoms with Crippen molar-refractivity contribution in [1.29, 1.82) is 0 Å². The van der Waals surface area contributed by atoms with Gasteiger partial charge in [0.25, 0.3) is 5.56 Å². The third kappa shape index (κ3) is 1.80. The number of nitrogens with zero attached hydrogens (tertiary/aromatic N) is 2. The molecule has 1 aromatic carbocycles. The summed E-state index contributed by atoms with van der Waals surface area (Å²) in [5.74, 6) is -0.267. The zero-order chi connectivity index (χ0) is 14.4. The fourth-order valence-corrected chi connectivity index (χ4v) is 3.14. The third-order valence-corrected chi connectivity index (χ3v) is 4.28. The third-order valence-electron chi connectivity index (χ3n) is 3.35. The first-order valence-electron chi connectivity index (χ1n) is 6.15. The number of carbonyl (C=O) groups excluding carboxylic acids is 1. The Balaban J connectivity index is 2.19. The molecule has 0 aliphatic rings. The normalized spacial score (nSPS) is 11.2. The summed E-state index contributed by atoms with van der Waals surface area (Å²) in [5.41, 5.74) is 2.02. The molecule has 5 nitrogen and oxygen atoms in total. The summed E-state index contributed by atoms with van der Waals surface area (Å²) in [6.07, 6.45) is 1.45. The van der Waals surface area contributed by atoms with Crippen molar-refractivity contribution in [3.63, 3.8) is 0 Å². The lowest BCUT2D eigenvalue weighted by Crippen LogP contribution is -2.19. The first-order chi connectivity index (χ1) is 9.49. The minimum Gasteiger partial charge on any atom is -0.302 e. The van der Waals surface area contributed by atoms with Crippen LogP contribution in [0.1, 0.15) is 26.5 Å². The highest BCUT2D eigenvalue weighted by Crippen LogP contribution is 2.27. The second-order valence-corrected chi connectivity index (χ2v) is 5.93. The number of fused-ring (bicyclic) bond motifs is 1. The molecule has 20 heavy (non-hydrogen) atoms. The second kappa shape index (κ2) is 4.42. The van der Waals surface area contributed by atoms with E-state index >= 15 is 0 Å². The molecule has 2 heterocycles. The summed E-state index contributed by atoms with van der Waals surface area (Å²) in [4.78, 5) is 28.8. The molecule has 0 saturated heterocycles. The van der Waals surface area contributed by atoms with E-state index in [0.29, 0.717) is 5.56 Å². The Labute approximate surface area is 118 Å². The van der Waals surface area contributed by atoms with Gasteiger partial charge in [0.2, 0.25) is 5.78 Å². The number of aromatic nitrogens is 3. The Bertz CT molecular complexity index is 886. The van der Waals surface area contributed by atoms with E-state index < -0.39 is 0 Å². The molecule has 0 atom stereocenters. The number of rotatable bonds is 2. The van der Waals surface area contributed by atoms with Gasteiger partial charge in [-0.1, -0.05) is 0 Å². The summed E-state index contributed by atoms with van der Waals surface area (Å²) in [6, 6.07) is 3.65. The van der Waals surface area contributed by atoms with Crippen molar-refractivity contribution >= 4 is 27.3 Å². The van der Waals surface area contributed by atoms with E-state index in [1.807, 2.05) is 19.9 Å². The van der Waals surface area contributed by atoms with Crippen LogP contribution in [-0.2, 0) is 7.05 Å². The van der Waals surface area contributed by atoms with Gasteiger partial charge in [-0.3, -0.25) is 14.3 Å². The summed E-state index contributed by atoms with van der Waals surface area (Å²) in [5, 5.41) is 3.68. The van der Waals surface area contributed by atoms with Crippen molar-refractivity contribution in [1.82, 2.24) is 14.8 Å². The highest BCUT2D eigenvalue weighted by atomic mass is 32.1. The molecule has 0 spiro atoms. The van der Waals surface area contributed by atoms with Gasteiger partial charge in [0.1, 0.15) is 5.56 Å². The van der Waals surface area contributed by atoms with E-state index in [1.165, 1.54) is 10.9 Å². The molecule has 0 fully saturated rings. The largest absolute Gasteiger partial charge is 0.302 e. The maximum Gasteiger partial charge on any atom is 0.277 e. The van der Waals surface area contributed by atoms with Crippen LogP contribution in [0.25, 0.3) is 10.2 Å². The van der Waals surface area contributed by atoms with E-state index in [9.17, 15) is 9.59 Å². The van der Waals surface area contributed by atoms with Crippen LogP contribution >= 0.6 is 11.3 Å². The monoisotopic (exact) mass is 287 g/mol. The van der Waals surface area contributed by atoms with Crippen LogP contribution in [-0.4, -0.2) is 20.5 Å². The lowest BCUT2D eigenvalue weighted by Gasteiger charge is -2.03. The van der Waals surface area contributed by atoms with Crippen LogP contribution in [0, 0.1) is 13.8 Å². The molecule has 0 aliphatic carbocycles. The van der Waals surface area contributed by atoms with Gasteiger partial charge < -0.3 is 5.10 Å². The first-order valence-corrected chi connectivity index (χ1v) is 6.96. The predicted molar refractivity (Wildman–Crippen MR) is 78.6 cm³/mol. The number of ketones is 1. The molecule has 2 aromatic heterocycles. The number of aryl methyl sites for hydroxylation is 3. The van der Waals surface area contributed by atoms with Crippen molar-refractivity contribution in [2.75, 3.05) is 0 Å². The zero-order valence-corrected chi connectivity index (χ0v) is 12.2. The Morgan fingerprint density at radius 3 is 2.70 bits per heavy atom. The van der Waals surface area contributed by atoms with Crippen molar-refractivity contribution in [3.05, 3.63) is 50.4 Å². The van der Waals surface area contributed by atoms with Gasteiger partial charge in [0, 0.05) is 18.8 Å². The van der Waals surface area contributed by atoms with Gasteiger partial charge in [0.15, 0.2) is 0 Å². The molecule has 0 saturated carbocycles. The summed E-state index contributed by atoms with van der Waals surface area (Å²) >= 11 is 1.60. The van der Waals surface area contributed by atoms with Crippen LogP contribution in [0.5, 0.6) is 0 Å². The summed E-state index contributed by atoms with van der Waals surface area (Å²) < 4.78 is 2.34. The van der Waals surface area contributed by atoms with E-state index in [2.05, 4.69) is 10.1 Å². The number of hydrogen-bond donors (Lipinski definition) is 1. The van der Waals surface area contributed by atoms with Crippen LogP contribution < -0.4 is 5.56 Å². The number of nitrogens with one attached hydrogen (secondary N) is 1. The number of H-pyrrole nitrogens is 1. The van der Waals surface area contributed by atoms with Crippen molar-refractivity contribution < 1.29 is 4.79 Å². The number of hydrogen-bond acceptors (Lipinski definition) is 4. The predicted octanol–water partition coefficient (Wildman–Crippen LogP) is 2.17. The summed E-state index contributed by atoms with van der Waals surface area (Å²) in [7, 11) is 1.58. The Morgan fingerprint density at radius 2 is 2.05 bits per heavy atom. The standard InChI is InChI=1S/C14H13N3O2S/c1-7-9(4-5-11-12(7)16-8(2)20-11)13(18)10-6-15-17(3)14(10)19/h4-6,15H,1-3H3. The molecule has 0 amide bonds. The van der Waals surface area contributed by atoms with Gasteiger partial charge in [-0.25, -0.2) is 4.98 Å². The van der Waals surface area contributed by atoms with Crippen molar-refractivity contribution in [2.24, 2.45) is 7.05 Å². The topological polar surface area (TPSA) is 67.8 Å².